The monoisotopic (exact) mass is 490 g/mol. The summed E-state index contributed by atoms with van der Waals surface area (Å²) in [4.78, 5) is 52.2. The van der Waals surface area contributed by atoms with Crippen LogP contribution in [0.4, 0.5) is 5.69 Å². The van der Waals surface area contributed by atoms with Crippen molar-refractivity contribution in [1.29, 1.82) is 0 Å². The third kappa shape index (κ3) is 4.66. The number of aryl methyl sites for hydroxylation is 2. The molecular weight excluding hydrogens is 460 g/mol. The van der Waals surface area contributed by atoms with Crippen LogP contribution < -0.4 is 21.9 Å². The molecule has 0 fully saturated rings. The summed E-state index contributed by atoms with van der Waals surface area (Å²) in [7, 11) is 0. The summed E-state index contributed by atoms with van der Waals surface area (Å²) in [6, 6.07) is 12.0. The number of nitrogens with one attached hydrogen (secondary N) is 2. The molecule has 0 aliphatic rings. The number of fused-ring (bicyclic) bond motifs is 3. The molecule has 10 nitrogen and oxygen atoms in total. The van der Waals surface area contributed by atoms with Gasteiger partial charge in [-0.3, -0.25) is 19.0 Å². The lowest BCUT2D eigenvalue weighted by Crippen LogP contribution is -2.32. The second kappa shape index (κ2) is 10.2. The van der Waals surface area contributed by atoms with Crippen molar-refractivity contribution in [3.8, 4) is 0 Å². The van der Waals surface area contributed by atoms with Gasteiger partial charge in [-0.15, -0.1) is 5.10 Å². The van der Waals surface area contributed by atoms with Crippen molar-refractivity contribution >= 4 is 34.2 Å². The highest BCUT2D eigenvalue weighted by atomic mass is 16.2. The molecule has 0 aliphatic carbocycles. The molecule has 0 bridgehead atoms. The van der Waals surface area contributed by atoms with Crippen molar-refractivity contribution in [3.05, 3.63) is 74.4 Å². The lowest BCUT2D eigenvalue weighted by molar-refractivity contribution is -0.117. The SMILES string of the molecule is CCCn1c(=O)c2ccc(C(=O)NC(C)CC)cc2n2c(=O)n(CC(=O)Nc3ccccc3C)nc12. The Morgan fingerprint density at radius 2 is 1.83 bits per heavy atom. The summed E-state index contributed by atoms with van der Waals surface area (Å²) in [6.45, 7) is 7.67. The number of nitrogens with zero attached hydrogens (tertiary/aromatic N) is 4. The summed E-state index contributed by atoms with van der Waals surface area (Å²) in [5.74, 6) is -0.588. The average molecular weight is 491 g/mol. The molecule has 1 atom stereocenters. The Bertz CT molecular complexity index is 1580. The van der Waals surface area contributed by atoms with Gasteiger partial charge in [0.15, 0.2) is 0 Å². The number of anilines is 1. The van der Waals surface area contributed by atoms with Gasteiger partial charge in [-0.25, -0.2) is 13.9 Å². The van der Waals surface area contributed by atoms with E-state index in [1.165, 1.54) is 15.0 Å². The topological polar surface area (TPSA) is 120 Å². The fourth-order valence-corrected chi connectivity index (χ4v) is 4.03. The number of carbonyl (C=O) groups excluding carboxylic acids is 2. The molecule has 0 saturated carbocycles. The molecule has 0 aliphatic heterocycles. The lowest BCUT2D eigenvalue weighted by atomic mass is 10.1. The molecule has 2 aromatic carbocycles. The van der Waals surface area contributed by atoms with Crippen LogP contribution in [-0.4, -0.2) is 36.6 Å². The fraction of sp³-hybridized carbons (Fsp3) is 0.346. The van der Waals surface area contributed by atoms with Crippen LogP contribution in [0.1, 0.15) is 49.5 Å². The molecule has 0 radical (unpaired) electrons. The molecule has 2 heterocycles. The molecule has 4 rings (SSSR count). The standard InChI is InChI=1S/C26H30N6O4/c1-5-13-30-24(35)19-12-11-18(23(34)27-17(4)6-2)14-21(19)32-25(30)29-31(26(32)36)15-22(33)28-20-10-8-7-9-16(20)3/h7-12,14,17H,5-6,13,15H2,1-4H3,(H,27,34)(H,28,33). The number of rotatable bonds is 8. The highest BCUT2D eigenvalue weighted by Gasteiger charge is 2.20. The normalized spacial score (nSPS) is 12.1. The second-order valence-corrected chi connectivity index (χ2v) is 8.91. The molecule has 4 aromatic rings. The minimum Gasteiger partial charge on any atom is -0.350 e. The van der Waals surface area contributed by atoms with Gasteiger partial charge < -0.3 is 10.6 Å². The molecule has 0 saturated heterocycles. The molecule has 2 aromatic heterocycles. The number of hydrogen-bond acceptors (Lipinski definition) is 5. The maximum Gasteiger partial charge on any atom is 0.352 e. The Balaban J connectivity index is 1.83. The molecule has 36 heavy (non-hydrogen) atoms. The summed E-state index contributed by atoms with van der Waals surface area (Å²) < 4.78 is 3.77. The van der Waals surface area contributed by atoms with E-state index in [1.54, 1.807) is 18.2 Å². The van der Waals surface area contributed by atoms with Gasteiger partial charge in [0.2, 0.25) is 11.7 Å². The van der Waals surface area contributed by atoms with E-state index in [0.29, 0.717) is 29.6 Å². The van der Waals surface area contributed by atoms with E-state index in [2.05, 4.69) is 15.7 Å². The zero-order chi connectivity index (χ0) is 26.0. The Morgan fingerprint density at radius 3 is 2.53 bits per heavy atom. The Hall–Kier alpha value is -4.21. The van der Waals surface area contributed by atoms with Gasteiger partial charge in [0, 0.05) is 23.8 Å². The first-order valence-electron chi connectivity index (χ1n) is 12.1. The number of para-hydroxylation sites is 1. The third-order valence-corrected chi connectivity index (χ3v) is 6.19. The number of carbonyl (C=O) groups is 2. The molecule has 0 spiro atoms. The van der Waals surface area contributed by atoms with Gasteiger partial charge >= 0.3 is 5.69 Å². The van der Waals surface area contributed by atoms with Crippen molar-refractivity contribution in [2.75, 3.05) is 5.32 Å². The van der Waals surface area contributed by atoms with E-state index >= 15 is 0 Å². The van der Waals surface area contributed by atoms with Crippen molar-refractivity contribution in [3.63, 3.8) is 0 Å². The summed E-state index contributed by atoms with van der Waals surface area (Å²) >= 11 is 0. The van der Waals surface area contributed by atoms with Crippen LogP contribution in [0, 0.1) is 6.92 Å². The highest BCUT2D eigenvalue weighted by molar-refractivity contribution is 5.98. The maximum absolute atomic E-state index is 13.4. The summed E-state index contributed by atoms with van der Waals surface area (Å²) in [6.07, 6.45) is 1.41. The predicted molar refractivity (Wildman–Crippen MR) is 139 cm³/mol. The number of benzene rings is 2. The van der Waals surface area contributed by atoms with Crippen LogP contribution in [-0.2, 0) is 17.9 Å². The number of hydrogen-bond donors (Lipinski definition) is 2. The van der Waals surface area contributed by atoms with Gasteiger partial charge in [0.25, 0.3) is 11.5 Å². The highest BCUT2D eigenvalue weighted by Crippen LogP contribution is 2.16. The molecular formula is C26H30N6O4. The molecule has 2 N–H and O–H groups in total. The molecule has 188 valence electrons. The van der Waals surface area contributed by atoms with E-state index in [0.717, 1.165) is 16.7 Å². The number of aromatic nitrogens is 4. The van der Waals surface area contributed by atoms with Gasteiger partial charge in [-0.05, 0) is 56.5 Å². The van der Waals surface area contributed by atoms with E-state index in [1.807, 2.05) is 45.9 Å². The van der Waals surface area contributed by atoms with Crippen LogP contribution in [0.15, 0.2) is 52.1 Å². The van der Waals surface area contributed by atoms with Crippen LogP contribution in [0.3, 0.4) is 0 Å². The molecule has 1 unspecified atom stereocenters. The van der Waals surface area contributed by atoms with Crippen LogP contribution in [0.25, 0.3) is 16.7 Å². The Labute approximate surface area is 207 Å². The van der Waals surface area contributed by atoms with Crippen LogP contribution in [0.5, 0.6) is 0 Å². The van der Waals surface area contributed by atoms with E-state index in [4.69, 9.17) is 0 Å². The first-order valence-corrected chi connectivity index (χ1v) is 12.1. The summed E-state index contributed by atoms with van der Waals surface area (Å²) in [5.41, 5.74) is 1.25. The van der Waals surface area contributed by atoms with Crippen LogP contribution in [0.2, 0.25) is 0 Å². The predicted octanol–water partition coefficient (Wildman–Crippen LogP) is 2.70. The Morgan fingerprint density at radius 1 is 1.08 bits per heavy atom. The van der Waals surface area contributed by atoms with E-state index in [9.17, 15) is 19.2 Å². The molecule has 2 amide bonds. The molecule has 10 heteroatoms. The average Bonchev–Trinajstić information content (AvgIpc) is 3.18. The zero-order valence-corrected chi connectivity index (χ0v) is 20.9. The van der Waals surface area contributed by atoms with Crippen molar-refractivity contribution in [2.45, 2.75) is 59.7 Å². The lowest BCUT2D eigenvalue weighted by Gasteiger charge is -2.13. The van der Waals surface area contributed by atoms with Crippen LogP contribution >= 0.6 is 0 Å². The first kappa shape index (κ1) is 24.9. The van der Waals surface area contributed by atoms with Gasteiger partial charge in [-0.2, -0.15) is 0 Å². The zero-order valence-electron chi connectivity index (χ0n) is 20.9. The van der Waals surface area contributed by atoms with Crippen molar-refractivity contribution in [1.82, 2.24) is 24.1 Å². The fourth-order valence-electron chi connectivity index (χ4n) is 4.03. The largest absolute Gasteiger partial charge is 0.352 e. The third-order valence-electron chi connectivity index (χ3n) is 6.19. The number of amides is 2. The van der Waals surface area contributed by atoms with Gasteiger partial charge in [-0.1, -0.05) is 32.0 Å². The van der Waals surface area contributed by atoms with Gasteiger partial charge in [0.05, 0.1) is 10.9 Å². The summed E-state index contributed by atoms with van der Waals surface area (Å²) in [5, 5.41) is 10.3. The quantitative estimate of drug-likeness (QED) is 0.394. The maximum atomic E-state index is 13.4. The van der Waals surface area contributed by atoms with Gasteiger partial charge in [0.1, 0.15) is 6.54 Å². The van der Waals surface area contributed by atoms with Crippen molar-refractivity contribution in [2.24, 2.45) is 0 Å². The first-order chi connectivity index (χ1) is 17.2. The smallest absolute Gasteiger partial charge is 0.350 e. The second-order valence-electron chi connectivity index (χ2n) is 8.91. The van der Waals surface area contributed by atoms with E-state index < -0.39 is 11.6 Å². The minimum atomic E-state index is -0.570. The van der Waals surface area contributed by atoms with Crippen molar-refractivity contribution < 1.29 is 9.59 Å². The Kier molecular flexibility index (Phi) is 7.05. The minimum absolute atomic E-state index is 0.0250. The van der Waals surface area contributed by atoms with E-state index in [-0.39, 0.29) is 35.3 Å².